The van der Waals surface area contributed by atoms with Crippen molar-refractivity contribution in [1.29, 1.82) is 0 Å². The van der Waals surface area contributed by atoms with Crippen molar-refractivity contribution in [1.82, 2.24) is 10.2 Å². The fraction of sp³-hybridized carbons (Fsp3) is 0.261. The molecule has 2 aromatic carbocycles. The average Bonchev–Trinajstić information content (AvgIpc) is 3.31. The van der Waals surface area contributed by atoms with E-state index in [1.807, 2.05) is 54.6 Å². The van der Waals surface area contributed by atoms with E-state index in [0.717, 1.165) is 36.6 Å². The molecule has 2 heterocycles. The van der Waals surface area contributed by atoms with Gasteiger partial charge in [-0.2, -0.15) is 5.10 Å². The van der Waals surface area contributed by atoms with E-state index >= 15 is 0 Å². The topological polar surface area (TPSA) is 82.2 Å². The average molecular weight is 403 g/mol. The summed E-state index contributed by atoms with van der Waals surface area (Å²) in [5.74, 6) is 0.702. The molecule has 1 fully saturated rings. The van der Waals surface area contributed by atoms with Gasteiger partial charge in [0.05, 0.1) is 11.9 Å². The van der Waals surface area contributed by atoms with Crippen LogP contribution in [0, 0.1) is 0 Å². The molecule has 7 heteroatoms. The summed E-state index contributed by atoms with van der Waals surface area (Å²) in [5.41, 5.74) is 4.68. The Hall–Kier alpha value is -3.61. The highest BCUT2D eigenvalue weighted by Crippen LogP contribution is 2.23. The maximum Gasteiger partial charge on any atom is 0.323 e. The van der Waals surface area contributed by atoms with Crippen LogP contribution in [0.3, 0.4) is 0 Å². The first-order chi connectivity index (χ1) is 14.7. The molecule has 3 N–H and O–H groups in total. The van der Waals surface area contributed by atoms with Gasteiger partial charge < -0.3 is 20.9 Å². The molecule has 1 saturated heterocycles. The van der Waals surface area contributed by atoms with Crippen molar-refractivity contribution in [3.8, 4) is 0 Å². The fourth-order valence-electron chi connectivity index (χ4n) is 3.47. The van der Waals surface area contributed by atoms with Crippen molar-refractivity contribution in [3.05, 3.63) is 66.4 Å². The van der Waals surface area contributed by atoms with Crippen molar-refractivity contribution < 1.29 is 4.79 Å². The second-order valence-corrected chi connectivity index (χ2v) is 7.33. The van der Waals surface area contributed by atoms with E-state index in [4.69, 9.17) is 0 Å². The van der Waals surface area contributed by atoms with Crippen molar-refractivity contribution in [2.24, 2.45) is 0 Å². The van der Waals surface area contributed by atoms with E-state index in [0.29, 0.717) is 11.5 Å². The zero-order valence-electron chi connectivity index (χ0n) is 17.1. The third-order valence-electron chi connectivity index (χ3n) is 5.15. The standard InChI is InChI=1S/C23H26N6O/c1-2-17-5-7-19(8-6-17)26-23(30)27-20-11-9-18(10-12-20)25-22-15-21(16-24-28-22)29-13-3-4-14-29/h5-12,15-16H,2-4,13-14H2,1H3,(H,25,28)(H2,26,27,30). The molecule has 0 radical (unpaired) electrons. The van der Waals surface area contributed by atoms with E-state index in [-0.39, 0.29) is 6.03 Å². The number of urea groups is 1. The number of rotatable bonds is 6. The summed E-state index contributed by atoms with van der Waals surface area (Å²) >= 11 is 0. The minimum atomic E-state index is -0.274. The maximum atomic E-state index is 12.2. The first-order valence-electron chi connectivity index (χ1n) is 10.3. The molecule has 0 saturated carbocycles. The number of nitrogens with zero attached hydrogens (tertiary/aromatic N) is 3. The van der Waals surface area contributed by atoms with Crippen LogP contribution in [-0.2, 0) is 6.42 Å². The molecule has 2 amide bonds. The number of amides is 2. The summed E-state index contributed by atoms with van der Waals surface area (Å²) in [7, 11) is 0. The molecule has 7 nitrogen and oxygen atoms in total. The van der Waals surface area contributed by atoms with Crippen molar-refractivity contribution in [2.75, 3.05) is 33.9 Å². The Labute approximate surface area is 176 Å². The molecule has 0 unspecified atom stereocenters. The van der Waals surface area contributed by atoms with Crippen LogP contribution in [0.1, 0.15) is 25.3 Å². The van der Waals surface area contributed by atoms with E-state index < -0.39 is 0 Å². The van der Waals surface area contributed by atoms with Gasteiger partial charge in [-0.15, -0.1) is 5.10 Å². The Morgan fingerprint density at radius 2 is 1.53 bits per heavy atom. The van der Waals surface area contributed by atoms with Crippen LogP contribution in [0.15, 0.2) is 60.8 Å². The second kappa shape index (κ2) is 9.26. The number of hydrogen-bond donors (Lipinski definition) is 3. The Balaban J connectivity index is 1.33. The predicted octanol–water partition coefficient (Wildman–Crippen LogP) is 5.03. The van der Waals surface area contributed by atoms with Crippen molar-refractivity contribution >= 4 is 34.6 Å². The minimum absolute atomic E-state index is 0.274. The van der Waals surface area contributed by atoms with Gasteiger partial charge in [0.2, 0.25) is 0 Å². The lowest BCUT2D eigenvalue weighted by molar-refractivity contribution is 0.262. The largest absolute Gasteiger partial charge is 0.370 e. The monoisotopic (exact) mass is 402 g/mol. The third kappa shape index (κ3) is 5.05. The zero-order chi connectivity index (χ0) is 20.8. The smallest absolute Gasteiger partial charge is 0.323 e. The van der Waals surface area contributed by atoms with Gasteiger partial charge in [-0.1, -0.05) is 19.1 Å². The fourth-order valence-corrected chi connectivity index (χ4v) is 3.47. The molecule has 3 aromatic rings. The molecule has 0 atom stereocenters. The lowest BCUT2D eigenvalue weighted by Gasteiger charge is -2.17. The van der Waals surface area contributed by atoms with E-state index in [1.54, 1.807) is 6.20 Å². The van der Waals surface area contributed by atoms with E-state index in [9.17, 15) is 4.79 Å². The van der Waals surface area contributed by atoms with Gasteiger partial charge in [-0.3, -0.25) is 0 Å². The molecule has 1 aromatic heterocycles. The lowest BCUT2D eigenvalue weighted by atomic mass is 10.1. The highest BCUT2D eigenvalue weighted by molar-refractivity contribution is 5.99. The van der Waals surface area contributed by atoms with Gasteiger partial charge in [0.1, 0.15) is 0 Å². The Morgan fingerprint density at radius 3 is 2.17 bits per heavy atom. The number of benzene rings is 2. The molecule has 1 aliphatic rings. The zero-order valence-corrected chi connectivity index (χ0v) is 17.1. The normalized spacial score (nSPS) is 13.2. The Morgan fingerprint density at radius 1 is 0.933 bits per heavy atom. The summed E-state index contributed by atoms with van der Waals surface area (Å²) in [6.07, 6.45) is 5.22. The van der Waals surface area contributed by atoms with Gasteiger partial charge in [-0.25, -0.2) is 4.79 Å². The van der Waals surface area contributed by atoms with Gasteiger partial charge in [0.25, 0.3) is 0 Å². The van der Waals surface area contributed by atoms with Gasteiger partial charge in [0, 0.05) is 36.2 Å². The number of aromatic nitrogens is 2. The number of anilines is 5. The van der Waals surface area contributed by atoms with Crippen LogP contribution >= 0.6 is 0 Å². The SMILES string of the molecule is CCc1ccc(NC(=O)Nc2ccc(Nc3cc(N4CCCC4)cnn3)cc2)cc1. The summed E-state index contributed by atoms with van der Waals surface area (Å²) < 4.78 is 0. The maximum absolute atomic E-state index is 12.2. The Kier molecular flexibility index (Phi) is 6.08. The Bertz CT molecular complexity index is 981. The van der Waals surface area contributed by atoms with Crippen LogP contribution in [0.5, 0.6) is 0 Å². The molecule has 0 bridgehead atoms. The van der Waals surface area contributed by atoms with E-state index in [1.165, 1.54) is 18.4 Å². The van der Waals surface area contributed by atoms with Crippen LogP contribution in [-0.4, -0.2) is 29.3 Å². The number of hydrogen-bond acceptors (Lipinski definition) is 5. The first-order valence-corrected chi connectivity index (χ1v) is 10.3. The van der Waals surface area contributed by atoms with Crippen LogP contribution in [0.2, 0.25) is 0 Å². The van der Waals surface area contributed by atoms with Gasteiger partial charge in [0.15, 0.2) is 5.82 Å². The van der Waals surface area contributed by atoms with E-state index in [2.05, 4.69) is 38.0 Å². The van der Waals surface area contributed by atoms with Gasteiger partial charge >= 0.3 is 6.03 Å². The lowest BCUT2D eigenvalue weighted by Crippen LogP contribution is -2.19. The molecule has 1 aliphatic heterocycles. The molecule has 0 spiro atoms. The molecule has 154 valence electrons. The molecular formula is C23H26N6O. The van der Waals surface area contributed by atoms with Crippen LogP contribution < -0.4 is 20.9 Å². The number of aryl methyl sites for hydroxylation is 1. The van der Waals surface area contributed by atoms with Crippen LogP contribution in [0.4, 0.5) is 33.4 Å². The number of carbonyl (C=O) groups excluding carboxylic acids is 1. The molecular weight excluding hydrogens is 376 g/mol. The molecule has 0 aliphatic carbocycles. The van der Waals surface area contributed by atoms with Gasteiger partial charge in [-0.05, 0) is 61.2 Å². The number of carbonyl (C=O) groups is 1. The summed E-state index contributed by atoms with van der Waals surface area (Å²) in [4.78, 5) is 14.5. The number of nitrogens with one attached hydrogen (secondary N) is 3. The second-order valence-electron chi connectivity index (χ2n) is 7.33. The predicted molar refractivity (Wildman–Crippen MR) is 122 cm³/mol. The highest BCUT2D eigenvalue weighted by Gasteiger charge is 2.13. The minimum Gasteiger partial charge on any atom is -0.370 e. The first kappa shape index (κ1) is 19.7. The van der Waals surface area contributed by atoms with Crippen molar-refractivity contribution in [2.45, 2.75) is 26.2 Å². The van der Waals surface area contributed by atoms with Crippen LogP contribution in [0.25, 0.3) is 0 Å². The highest BCUT2D eigenvalue weighted by atomic mass is 16.2. The third-order valence-corrected chi connectivity index (χ3v) is 5.15. The molecule has 30 heavy (non-hydrogen) atoms. The summed E-state index contributed by atoms with van der Waals surface area (Å²) in [5, 5.41) is 17.2. The summed E-state index contributed by atoms with van der Waals surface area (Å²) in [6, 6.07) is 17.1. The summed E-state index contributed by atoms with van der Waals surface area (Å²) in [6.45, 7) is 4.23. The quantitative estimate of drug-likeness (QED) is 0.539. The molecule has 4 rings (SSSR count). The van der Waals surface area contributed by atoms with Crippen molar-refractivity contribution in [3.63, 3.8) is 0 Å².